The quantitative estimate of drug-likeness (QED) is 0.416. The van der Waals surface area contributed by atoms with E-state index in [0.717, 1.165) is 0 Å². The first-order valence-electron chi connectivity index (χ1n) is 3.76. The topological polar surface area (TPSA) is 77.8 Å². The van der Waals surface area contributed by atoms with Crippen LogP contribution in [0.15, 0.2) is 12.7 Å². The van der Waals surface area contributed by atoms with Gasteiger partial charge in [0.15, 0.2) is 0 Å². The summed E-state index contributed by atoms with van der Waals surface area (Å²) >= 11 is 0. The highest BCUT2D eigenvalue weighted by molar-refractivity contribution is 5.86. The predicted octanol–water partition coefficient (Wildman–Crippen LogP) is -0.238. The van der Waals surface area contributed by atoms with Gasteiger partial charge < -0.3 is 15.3 Å². The molecule has 0 aromatic heterocycles. The SMILES string of the molecule is C=CC(O)CC(O)CC#CC(=O)O. The Balaban J connectivity index is 3.76. The summed E-state index contributed by atoms with van der Waals surface area (Å²) in [5.74, 6) is 2.91. The Bertz CT molecular complexity index is 236. The van der Waals surface area contributed by atoms with E-state index in [1.807, 2.05) is 5.92 Å². The van der Waals surface area contributed by atoms with Gasteiger partial charge in [0.2, 0.25) is 0 Å². The van der Waals surface area contributed by atoms with Crippen LogP contribution in [0.1, 0.15) is 12.8 Å². The van der Waals surface area contributed by atoms with E-state index >= 15 is 0 Å². The Morgan fingerprint density at radius 2 is 2.15 bits per heavy atom. The minimum absolute atomic E-state index is 0.0389. The second kappa shape index (κ2) is 6.23. The molecule has 0 aromatic carbocycles. The van der Waals surface area contributed by atoms with Crippen LogP contribution < -0.4 is 0 Å². The summed E-state index contributed by atoms with van der Waals surface area (Å²) in [5.41, 5.74) is 0. The Hall–Kier alpha value is -1.31. The summed E-state index contributed by atoms with van der Waals surface area (Å²) in [4.78, 5) is 9.94. The molecule has 0 heterocycles. The fourth-order valence-corrected chi connectivity index (χ4v) is 0.703. The maximum Gasteiger partial charge on any atom is 0.381 e. The van der Waals surface area contributed by atoms with Gasteiger partial charge in [0.1, 0.15) is 0 Å². The molecule has 2 unspecified atom stereocenters. The number of carboxylic acid groups (broad SMARTS) is 1. The molecule has 0 saturated heterocycles. The van der Waals surface area contributed by atoms with Crippen molar-refractivity contribution in [2.24, 2.45) is 0 Å². The minimum atomic E-state index is -1.23. The molecule has 0 saturated carbocycles. The van der Waals surface area contributed by atoms with Crippen molar-refractivity contribution in [1.82, 2.24) is 0 Å². The maximum atomic E-state index is 9.94. The van der Waals surface area contributed by atoms with Crippen LogP contribution in [0.25, 0.3) is 0 Å². The zero-order valence-electron chi connectivity index (χ0n) is 7.10. The standard InChI is InChI=1S/C9H12O4/c1-2-7(10)6-8(11)4-3-5-9(12)13/h2,7-8,10-11H,1,4,6H2,(H,12,13). The lowest BCUT2D eigenvalue weighted by Crippen LogP contribution is -2.14. The molecule has 4 nitrogen and oxygen atoms in total. The van der Waals surface area contributed by atoms with Gasteiger partial charge >= 0.3 is 5.97 Å². The average molecular weight is 184 g/mol. The molecular formula is C9H12O4. The molecule has 0 rings (SSSR count). The van der Waals surface area contributed by atoms with Crippen LogP contribution in [-0.4, -0.2) is 33.5 Å². The number of hydrogen-bond acceptors (Lipinski definition) is 3. The lowest BCUT2D eigenvalue weighted by molar-refractivity contribution is -0.130. The highest BCUT2D eigenvalue weighted by Crippen LogP contribution is 2.01. The maximum absolute atomic E-state index is 9.94. The number of aliphatic carboxylic acids is 1. The molecule has 4 heteroatoms. The smallest absolute Gasteiger partial charge is 0.381 e. The van der Waals surface area contributed by atoms with Gasteiger partial charge in [-0.1, -0.05) is 12.0 Å². The van der Waals surface area contributed by atoms with Crippen molar-refractivity contribution in [2.45, 2.75) is 25.0 Å². The summed E-state index contributed by atoms with van der Waals surface area (Å²) in [6.45, 7) is 3.33. The molecule has 0 spiro atoms. The first-order chi connectivity index (χ1) is 6.06. The van der Waals surface area contributed by atoms with Gasteiger partial charge in [0.05, 0.1) is 12.2 Å². The molecule has 0 aliphatic rings. The minimum Gasteiger partial charge on any atom is -0.472 e. The van der Waals surface area contributed by atoms with Gasteiger partial charge in [0.25, 0.3) is 0 Å². The van der Waals surface area contributed by atoms with Crippen molar-refractivity contribution in [2.75, 3.05) is 0 Å². The lowest BCUT2D eigenvalue weighted by Gasteiger charge is -2.08. The molecule has 72 valence electrons. The third-order valence-electron chi connectivity index (χ3n) is 1.32. The number of aliphatic hydroxyl groups is 2. The van der Waals surface area contributed by atoms with Gasteiger partial charge in [-0.25, -0.2) is 4.79 Å². The van der Waals surface area contributed by atoms with E-state index in [-0.39, 0.29) is 12.8 Å². The number of carboxylic acids is 1. The van der Waals surface area contributed by atoms with Crippen molar-refractivity contribution >= 4 is 5.97 Å². The van der Waals surface area contributed by atoms with Gasteiger partial charge in [-0.05, 0) is 0 Å². The second-order valence-corrected chi connectivity index (χ2v) is 2.50. The zero-order chi connectivity index (χ0) is 10.3. The largest absolute Gasteiger partial charge is 0.472 e. The van der Waals surface area contributed by atoms with Crippen molar-refractivity contribution in [3.8, 4) is 11.8 Å². The molecule has 0 fully saturated rings. The Morgan fingerprint density at radius 3 is 2.62 bits per heavy atom. The van der Waals surface area contributed by atoms with Crippen LogP contribution in [-0.2, 0) is 4.79 Å². The predicted molar refractivity (Wildman–Crippen MR) is 46.9 cm³/mol. The average Bonchev–Trinajstić information content (AvgIpc) is 2.03. The molecule has 3 N–H and O–H groups in total. The monoisotopic (exact) mass is 184 g/mol. The fourth-order valence-electron chi connectivity index (χ4n) is 0.703. The van der Waals surface area contributed by atoms with Crippen LogP contribution in [0.5, 0.6) is 0 Å². The van der Waals surface area contributed by atoms with E-state index in [2.05, 4.69) is 12.5 Å². The van der Waals surface area contributed by atoms with E-state index in [1.54, 1.807) is 0 Å². The summed E-state index contributed by atoms with van der Waals surface area (Å²) in [6.07, 6.45) is -0.135. The third-order valence-corrected chi connectivity index (χ3v) is 1.32. The van der Waals surface area contributed by atoms with Gasteiger partial charge in [-0.15, -0.1) is 6.58 Å². The van der Waals surface area contributed by atoms with Crippen LogP contribution in [0.2, 0.25) is 0 Å². The first kappa shape index (κ1) is 11.7. The summed E-state index contributed by atoms with van der Waals surface area (Å²) in [6, 6.07) is 0. The number of carbonyl (C=O) groups is 1. The molecule has 0 amide bonds. The Kier molecular flexibility index (Phi) is 5.60. The molecule has 0 radical (unpaired) electrons. The molecule has 0 aliphatic heterocycles. The number of rotatable bonds is 4. The molecule has 0 bridgehead atoms. The molecular weight excluding hydrogens is 172 g/mol. The highest BCUT2D eigenvalue weighted by atomic mass is 16.4. The van der Waals surface area contributed by atoms with Crippen molar-refractivity contribution in [3.63, 3.8) is 0 Å². The summed E-state index contributed by atoms with van der Waals surface area (Å²) < 4.78 is 0. The molecule has 13 heavy (non-hydrogen) atoms. The van der Waals surface area contributed by atoms with Gasteiger partial charge in [-0.3, -0.25) is 0 Å². The highest BCUT2D eigenvalue weighted by Gasteiger charge is 2.06. The van der Waals surface area contributed by atoms with Crippen LogP contribution in [0.4, 0.5) is 0 Å². The normalized spacial score (nSPS) is 13.7. The van der Waals surface area contributed by atoms with E-state index in [0.29, 0.717) is 0 Å². The van der Waals surface area contributed by atoms with E-state index < -0.39 is 18.2 Å². The second-order valence-electron chi connectivity index (χ2n) is 2.50. The van der Waals surface area contributed by atoms with E-state index in [1.165, 1.54) is 6.08 Å². The molecule has 0 aromatic rings. The van der Waals surface area contributed by atoms with Crippen LogP contribution in [0.3, 0.4) is 0 Å². The fraction of sp³-hybridized carbons (Fsp3) is 0.444. The van der Waals surface area contributed by atoms with Gasteiger partial charge in [-0.2, -0.15) is 0 Å². The lowest BCUT2D eigenvalue weighted by atomic mass is 10.1. The van der Waals surface area contributed by atoms with Crippen LogP contribution in [0, 0.1) is 11.8 Å². The molecule has 2 atom stereocenters. The molecule has 0 aliphatic carbocycles. The van der Waals surface area contributed by atoms with Crippen molar-refractivity contribution in [1.29, 1.82) is 0 Å². The van der Waals surface area contributed by atoms with Crippen molar-refractivity contribution in [3.05, 3.63) is 12.7 Å². The Labute approximate surface area is 76.5 Å². The number of hydrogen-bond donors (Lipinski definition) is 3. The van der Waals surface area contributed by atoms with E-state index in [4.69, 9.17) is 15.3 Å². The zero-order valence-corrected chi connectivity index (χ0v) is 7.10. The summed E-state index contributed by atoms with van der Waals surface area (Å²) in [5, 5.41) is 26.3. The van der Waals surface area contributed by atoms with Gasteiger partial charge in [0, 0.05) is 18.8 Å². The van der Waals surface area contributed by atoms with Crippen LogP contribution >= 0.6 is 0 Å². The van der Waals surface area contributed by atoms with Crippen molar-refractivity contribution < 1.29 is 20.1 Å². The Morgan fingerprint density at radius 1 is 1.54 bits per heavy atom. The van der Waals surface area contributed by atoms with E-state index in [9.17, 15) is 4.79 Å². The summed E-state index contributed by atoms with van der Waals surface area (Å²) in [7, 11) is 0. The first-order valence-corrected chi connectivity index (χ1v) is 3.76. The number of aliphatic hydroxyl groups excluding tert-OH is 2. The third kappa shape index (κ3) is 7.06.